The normalized spacial score (nSPS) is 9.62. The van der Waals surface area contributed by atoms with Crippen molar-refractivity contribution in [3.05, 3.63) is 24.0 Å². The summed E-state index contributed by atoms with van der Waals surface area (Å²) >= 11 is 4.82. The fourth-order valence-electron chi connectivity index (χ4n) is 1.03. The lowest BCUT2D eigenvalue weighted by Crippen LogP contribution is -2.12. The average molecular weight is 196 g/mol. The molecule has 1 aromatic heterocycles. The summed E-state index contributed by atoms with van der Waals surface area (Å²) in [5, 5.41) is 0. The lowest BCUT2D eigenvalue weighted by molar-refractivity contribution is 0.337. The van der Waals surface area contributed by atoms with E-state index in [0.717, 1.165) is 11.3 Å². The zero-order chi connectivity index (χ0) is 9.68. The minimum Gasteiger partial charge on any atom is -0.493 e. The van der Waals surface area contributed by atoms with Crippen molar-refractivity contribution in [1.29, 1.82) is 0 Å². The number of nitrogens with two attached hydrogens (primary N) is 1. The Kier molecular flexibility index (Phi) is 3.64. The van der Waals surface area contributed by atoms with Crippen molar-refractivity contribution in [3.63, 3.8) is 0 Å². The molecule has 0 unspecified atom stereocenters. The third-order valence-corrected chi connectivity index (χ3v) is 1.67. The summed E-state index contributed by atoms with van der Waals surface area (Å²) < 4.78 is 5.38. The third-order valence-electron chi connectivity index (χ3n) is 1.52. The highest BCUT2D eigenvalue weighted by molar-refractivity contribution is 7.80. The molecule has 1 aromatic rings. The average Bonchev–Trinajstić information content (AvgIpc) is 2.08. The summed E-state index contributed by atoms with van der Waals surface area (Å²) in [6.07, 6.45) is 3.96. The molecule has 0 saturated heterocycles. The van der Waals surface area contributed by atoms with E-state index in [2.05, 4.69) is 4.98 Å². The van der Waals surface area contributed by atoms with Crippen molar-refractivity contribution < 1.29 is 4.74 Å². The van der Waals surface area contributed by atoms with E-state index in [-0.39, 0.29) is 0 Å². The Labute approximate surface area is 82.9 Å². The molecule has 0 aliphatic rings. The van der Waals surface area contributed by atoms with Gasteiger partial charge in [0.05, 0.1) is 11.6 Å². The van der Waals surface area contributed by atoms with Crippen LogP contribution in [0.4, 0.5) is 0 Å². The van der Waals surface area contributed by atoms with Gasteiger partial charge in [-0.25, -0.2) is 0 Å². The minimum absolute atomic E-state index is 0.453. The van der Waals surface area contributed by atoms with E-state index in [1.54, 1.807) is 12.4 Å². The predicted molar refractivity (Wildman–Crippen MR) is 55.9 cm³/mol. The minimum atomic E-state index is 0.453. The van der Waals surface area contributed by atoms with Gasteiger partial charge in [0.25, 0.3) is 0 Å². The molecule has 2 N–H and O–H groups in total. The first-order valence-corrected chi connectivity index (χ1v) is 4.49. The standard InChI is InChI=1S/C9H12N2OS/c1-2-12-8-3-4-11-6-7(8)5-9(10)13/h3-4,6H,2,5H2,1H3,(H2,10,13). The molecule has 0 fully saturated rings. The maximum absolute atomic E-state index is 5.44. The fraction of sp³-hybridized carbons (Fsp3) is 0.333. The third kappa shape index (κ3) is 2.99. The van der Waals surface area contributed by atoms with Gasteiger partial charge in [-0.15, -0.1) is 0 Å². The molecule has 70 valence electrons. The molecule has 0 bridgehead atoms. The molecular formula is C9H12N2OS. The summed E-state index contributed by atoms with van der Waals surface area (Å²) in [5.74, 6) is 0.810. The second kappa shape index (κ2) is 4.77. The quantitative estimate of drug-likeness (QED) is 0.738. The molecule has 0 aliphatic heterocycles. The van der Waals surface area contributed by atoms with Crippen molar-refractivity contribution in [3.8, 4) is 5.75 Å². The van der Waals surface area contributed by atoms with Crippen molar-refractivity contribution in [2.24, 2.45) is 5.73 Å². The number of hydrogen-bond acceptors (Lipinski definition) is 3. The van der Waals surface area contributed by atoms with E-state index in [4.69, 9.17) is 22.7 Å². The number of pyridine rings is 1. The van der Waals surface area contributed by atoms with E-state index in [0.29, 0.717) is 18.0 Å². The summed E-state index contributed by atoms with van der Waals surface area (Å²) in [6, 6.07) is 1.82. The van der Waals surface area contributed by atoms with Crippen LogP contribution < -0.4 is 10.5 Å². The SMILES string of the molecule is CCOc1ccncc1CC(N)=S. The number of thiocarbonyl (C=S) groups is 1. The van der Waals surface area contributed by atoms with E-state index in [1.165, 1.54) is 0 Å². The summed E-state index contributed by atoms with van der Waals surface area (Å²) in [5.41, 5.74) is 6.38. The zero-order valence-corrected chi connectivity index (χ0v) is 8.30. The maximum Gasteiger partial charge on any atom is 0.125 e. The maximum atomic E-state index is 5.44. The van der Waals surface area contributed by atoms with Gasteiger partial charge in [0.15, 0.2) is 0 Å². The molecular weight excluding hydrogens is 184 g/mol. The monoisotopic (exact) mass is 196 g/mol. The number of nitrogens with zero attached hydrogens (tertiary/aromatic N) is 1. The van der Waals surface area contributed by atoms with Gasteiger partial charge in [-0.2, -0.15) is 0 Å². The van der Waals surface area contributed by atoms with E-state index in [9.17, 15) is 0 Å². The topological polar surface area (TPSA) is 48.1 Å². The van der Waals surface area contributed by atoms with Gasteiger partial charge < -0.3 is 10.5 Å². The van der Waals surface area contributed by atoms with Crippen molar-refractivity contribution >= 4 is 17.2 Å². The Morgan fingerprint density at radius 2 is 2.46 bits per heavy atom. The van der Waals surface area contributed by atoms with E-state index >= 15 is 0 Å². The molecule has 0 atom stereocenters. The number of hydrogen-bond donors (Lipinski definition) is 1. The lowest BCUT2D eigenvalue weighted by Gasteiger charge is -2.07. The van der Waals surface area contributed by atoms with Crippen LogP contribution in [0.3, 0.4) is 0 Å². The van der Waals surface area contributed by atoms with Crippen LogP contribution in [0, 0.1) is 0 Å². The lowest BCUT2D eigenvalue weighted by atomic mass is 10.2. The predicted octanol–water partition coefficient (Wildman–Crippen LogP) is 1.31. The van der Waals surface area contributed by atoms with Crippen LogP contribution in [-0.2, 0) is 6.42 Å². The van der Waals surface area contributed by atoms with Crippen LogP contribution >= 0.6 is 12.2 Å². The van der Waals surface area contributed by atoms with Gasteiger partial charge in [-0.3, -0.25) is 4.98 Å². The molecule has 0 amide bonds. The summed E-state index contributed by atoms with van der Waals surface area (Å²) in [6.45, 7) is 2.57. The number of rotatable bonds is 4. The van der Waals surface area contributed by atoms with Crippen LogP contribution in [0.5, 0.6) is 5.75 Å². The van der Waals surface area contributed by atoms with Gasteiger partial charge in [0, 0.05) is 24.4 Å². The first-order valence-electron chi connectivity index (χ1n) is 4.08. The Morgan fingerprint density at radius 1 is 1.69 bits per heavy atom. The Hall–Kier alpha value is -1.16. The largest absolute Gasteiger partial charge is 0.493 e. The van der Waals surface area contributed by atoms with Crippen molar-refractivity contribution in [2.75, 3.05) is 6.61 Å². The molecule has 1 rings (SSSR count). The highest BCUT2D eigenvalue weighted by Crippen LogP contribution is 2.16. The second-order valence-corrected chi connectivity index (χ2v) is 3.08. The molecule has 13 heavy (non-hydrogen) atoms. The molecule has 0 radical (unpaired) electrons. The molecule has 1 heterocycles. The van der Waals surface area contributed by atoms with Crippen LogP contribution in [0.25, 0.3) is 0 Å². The highest BCUT2D eigenvalue weighted by Gasteiger charge is 2.03. The highest BCUT2D eigenvalue weighted by atomic mass is 32.1. The molecule has 4 heteroatoms. The number of ether oxygens (including phenoxy) is 1. The summed E-state index contributed by atoms with van der Waals surface area (Å²) in [4.78, 5) is 4.44. The van der Waals surface area contributed by atoms with Crippen molar-refractivity contribution in [2.45, 2.75) is 13.3 Å². The Morgan fingerprint density at radius 3 is 3.08 bits per heavy atom. The molecule has 0 aromatic carbocycles. The van der Waals surface area contributed by atoms with Gasteiger partial charge >= 0.3 is 0 Å². The van der Waals surface area contributed by atoms with Crippen LogP contribution in [0.15, 0.2) is 18.5 Å². The van der Waals surface area contributed by atoms with Crippen LogP contribution in [-0.4, -0.2) is 16.6 Å². The number of aromatic nitrogens is 1. The molecule has 3 nitrogen and oxygen atoms in total. The van der Waals surface area contributed by atoms with E-state index < -0.39 is 0 Å². The van der Waals surface area contributed by atoms with Crippen LogP contribution in [0.1, 0.15) is 12.5 Å². The molecule has 0 aliphatic carbocycles. The Balaban J connectivity index is 2.84. The summed E-state index contributed by atoms with van der Waals surface area (Å²) in [7, 11) is 0. The smallest absolute Gasteiger partial charge is 0.125 e. The molecule has 0 saturated carbocycles. The first kappa shape index (κ1) is 9.92. The fourth-order valence-corrected chi connectivity index (χ4v) is 1.19. The van der Waals surface area contributed by atoms with E-state index in [1.807, 2.05) is 13.0 Å². The van der Waals surface area contributed by atoms with Gasteiger partial charge in [0.1, 0.15) is 5.75 Å². The molecule has 0 spiro atoms. The van der Waals surface area contributed by atoms with Gasteiger partial charge in [-0.1, -0.05) is 12.2 Å². The first-order chi connectivity index (χ1) is 6.24. The Bertz CT molecular complexity index is 301. The van der Waals surface area contributed by atoms with Crippen molar-refractivity contribution in [1.82, 2.24) is 4.98 Å². The zero-order valence-electron chi connectivity index (χ0n) is 7.49. The van der Waals surface area contributed by atoms with Gasteiger partial charge in [-0.05, 0) is 13.0 Å². The second-order valence-electron chi connectivity index (χ2n) is 2.56. The van der Waals surface area contributed by atoms with Gasteiger partial charge in [0.2, 0.25) is 0 Å². The van der Waals surface area contributed by atoms with Crippen LogP contribution in [0.2, 0.25) is 0 Å².